The van der Waals surface area contributed by atoms with E-state index >= 15 is 0 Å². The molecule has 1 aromatic heterocycles. The van der Waals surface area contributed by atoms with Gasteiger partial charge in [0.2, 0.25) is 5.95 Å². The highest BCUT2D eigenvalue weighted by Gasteiger charge is 2.19. The summed E-state index contributed by atoms with van der Waals surface area (Å²) in [5.74, 6) is 1.46. The van der Waals surface area contributed by atoms with Gasteiger partial charge >= 0.3 is 0 Å². The van der Waals surface area contributed by atoms with Crippen molar-refractivity contribution in [2.75, 3.05) is 42.9 Å². The van der Waals surface area contributed by atoms with Gasteiger partial charge in [-0.3, -0.25) is 4.90 Å². The molecule has 0 saturated carbocycles. The maximum Gasteiger partial charge on any atom is 0.227 e. The van der Waals surface area contributed by atoms with Gasteiger partial charge in [-0.1, -0.05) is 12.1 Å². The number of anilines is 2. The van der Waals surface area contributed by atoms with Crippen molar-refractivity contribution in [3.8, 4) is 0 Å². The molecule has 122 valence electrons. The summed E-state index contributed by atoms with van der Waals surface area (Å²) >= 11 is 0. The Morgan fingerprint density at radius 1 is 1.17 bits per heavy atom. The molecule has 1 aliphatic rings. The number of hydrogen-bond donors (Lipinski definition) is 1. The molecule has 0 atom stereocenters. The minimum Gasteiger partial charge on any atom is -0.370 e. The van der Waals surface area contributed by atoms with Crippen LogP contribution in [0.1, 0.15) is 12.5 Å². The van der Waals surface area contributed by atoms with Crippen LogP contribution in [0.5, 0.6) is 0 Å². The molecule has 23 heavy (non-hydrogen) atoms. The van der Waals surface area contributed by atoms with Crippen molar-refractivity contribution in [2.45, 2.75) is 13.5 Å². The van der Waals surface area contributed by atoms with E-state index in [0.717, 1.165) is 56.6 Å². The minimum atomic E-state index is -0.172. The number of benzene rings is 1. The van der Waals surface area contributed by atoms with Crippen LogP contribution < -0.4 is 10.2 Å². The van der Waals surface area contributed by atoms with Crippen LogP contribution in [-0.4, -0.2) is 47.6 Å². The number of halogens is 1. The molecule has 5 nitrogen and oxygen atoms in total. The summed E-state index contributed by atoms with van der Waals surface area (Å²) in [7, 11) is 0. The van der Waals surface area contributed by atoms with E-state index in [1.54, 1.807) is 18.3 Å². The van der Waals surface area contributed by atoms with E-state index in [2.05, 4.69) is 25.1 Å². The summed E-state index contributed by atoms with van der Waals surface area (Å²) < 4.78 is 13.3. The van der Waals surface area contributed by atoms with Gasteiger partial charge < -0.3 is 10.2 Å². The molecule has 1 aromatic carbocycles. The molecule has 0 unspecified atom stereocenters. The number of hydrogen-bond acceptors (Lipinski definition) is 5. The maximum atomic E-state index is 13.3. The van der Waals surface area contributed by atoms with Crippen molar-refractivity contribution in [1.82, 2.24) is 14.9 Å². The fourth-order valence-corrected chi connectivity index (χ4v) is 2.78. The van der Waals surface area contributed by atoms with Crippen LogP contribution in [0, 0.1) is 5.82 Å². The van der Waals surface area contributed by atoms with Gasteiger partial charge in [0.25, 0.3) is 0 Å². The summed E-state index contributed by atoms with van der Waals surface area (Å²) in [6.45, 7) is 7.28. The second-order valence-corrected chi connectivity index (χ2v) is 5.67. The van der Waals surface area contributed by atoms with Crippen molar-refractivity contribution >= 4 is 11.8 Å². The molecule has 2 aromatic rings. The topological polar surface area (TPSA) is 44.3 Å². The normalized spacial score (nSPS) is 15.7. The zero-order chi connectivity index (χ0) is 16.1. The maximum absolute atomic E-state index is 13.3. The lowest BCUT2D eigenvalue weighted by atomic mass is 10.2. The van der Waals surface area contributed by atoms with Crippen molar-refractivity contribution in [3.63, 3.8) is 0 Å². The lowest BCUT2D eigenvalue weighted by molar-refractivity contribution is 0.248. The number of aromatic nitrogens is 2. The Bertz CT molecular complexity index is 640. The van der Waals surface area contributed by atoms with Gasteiger partial charge in [0, 0.05) is 45.5 Å². The summed E-state index contributed by atoms with van der Waals surface area (Å²) in [5.41, 5.74) is 1.02. The molecule has 1 N–H and O–H groups in total. The number of nitrogens with one attached hydrogen (secondary N) is 1. The largest absolute Gasteiger partial charge is 0.370 e. The first-order chi connectivity index (χ1) is 11.2. The van der Waals surface area contributed by atoms with Gasteiger partial charge in [-0.15, -0.1) is 0 Å². The Kier molecular flexibility index (Phi) is 5.02. The van der Waals surface area contributed by atoms with Gasteiger partial charge in [-0.05, 0) is 30.7 Å². The monoisotopic (exact) mass is 315 g/mol. The Morgan fingerprint density at radius 2 is 2.00 bits per heavy atom. The fourth-order valence-electron chi connectivity index (χ4n) is 2.78. The highest BCUT2D eigenvalue weighted by molar-refractivity contribution is 5.41. The Labute approximate surface area is 136 Å². The Balaban J connectivity index is 1.57. The van der Waals surface area contributed by atoms with E-state index in [9.17, 15) is 4.39 Å². The number of rotatable bonds is 5. The van der Waals surface area contributed by atoms with Crippen molar-refractivity contribution in [1.29, 1.82) is 0 Å². The second-order valence-electron chi connectivity index (χ2n) is 5.67. The third-order valence-electron chi connectivity index (χ3n) is 3.95. The Hall–Kier alpha value is -2.21. The van der Waals surface area contributed by atoms with E-state index in [0.29, 0.717) is 0 Å². The van der Waals surface area contributed by atoms with E-state index in [4.69, 9.17) is 0 Å². The van der Waals surface area contributed by atoms with Gasteiger partial charge in [-0.2, -0.15) is 4.98 Å². The first-order valence-electron chi connectivity index (χ1n) is 8.03. The molecule has 0 bridgehead atoms. The van der Waals surface area contributed by atoms with E-state index in [-0.39, 0.29) is 5.82 Å². The van der Waals surface area contributed by atoms with Crippen molar-refractivity contribution in [2.24, 2.45) is 0 Å². The lowest BCUT2D eigenvalue weighted by Gasteiger charge is -2.34. The molecule has 2 heterocycles. The van der Waals surface area contributed by atoms with Crippen molar-refractivity contribution < 1.29 is 4.39 Å². The average Bonchev–Trinajstić information content (AvgIpc) is 2.56. The smallest absolute Gasteiger partial charge is 0.227 e. The zero-order valence-corrected chi connectivity index (χ0v) is 13.4. The third kappa shape index (κ3) is 4.16. The molecular weight excluding hydrogens is 293 g/mol. The van der Waals surface area contributed by atoms with Crippen LogP contribution in [0.25, 0.3) is 0 Å². The van der Waals surface area contributed by atoms with E-state index in [1.165, 1.54) is 6.07 Å². The van der Waals surface area contributed by atoms with Crippen molar-refractivity contribution in [3.05, 3.63) is 47.9 Å². The molecule has 1 saturated heterocycles. The molecule has 0 aliphatic carbocycles. The number of nitrogens with zero attached hydrogens (tertiary/aromatic N) is 4. The predicted octanol–water partition coefficient (Wildman–Crippen LogP) is 2.37. The van der Waals surface area contributed by atoms with E-state index in [1.807, 2.05) is 19.1 Å². The summed E-state index contributed by atoms with van der Waals surface area (Å²) in [6, 6.07) is 8.71. The Morgan fingerprint density at radius 3 is 2.74 bits per heavy atom. The van der Waals surface area contributed by atoms with Crippen LogP contribution in [0.15, 0.2) is 36.5 Å². The quantitative estimate of drug-likeness (QED) is 0.918. The molecule has 3 rings (SSSR count). The van der Waals surface area contributed by atoms with Crippen LogP contribution >= 0.6 is 0 Å². The van der Waals surface area contributed by atoms with Crippen LogP contribution in [0.4, 0.5) is 16.2 Å². The molecule has 0 amide bonds. The lowest BCUT2D eigenvalue weighted by Crippen LogP contribution is -2.46. The molecular formula is C17H22FN5. The average molecular weight is 315 g/mol. The number of piperazine rings is 1. The fraction of sp³-hybridized carbons (Fsp3) is 0.412. The van der Waals surface area contributed by atoms with Gasteiger partial charge in [0.1, 0.15) is 11.6 Å². The van der Waals surface area contributed by atoms with Gasteiger partial charge in [-0.25, -0.2) is 9.37 Å². The molecule has 0 spiro atoms. The minimum absolute atomic E-state index is 0.172. The van der Waals surface area contributed by atoms with Crippen LogP contribution in [0.2, 0.25) is 0 Å². The third-order valence-corrected chi connectivity index (χ3v) is 3.95. The molecule has 0 radical (unpaired) electrons. The summed E-state index contributed by atoms with van der Waals surface area (Å²) in [6.07, 6.45) is 1.79. The highest BCUT2D eigenvalue weighted by Crippen LogP contribution is 2.15. The van der Waals surface area contributed by atoms with Gasteiger partial charge in [0.15, 0.2) is 0 Å². The standard InChI is InChI=1S/C17H22FN5/c1-2-19-16-6-7-20-17(21-16)23-10-8-22(9-11-23)13-14-4-3-5-15(18)12-14/h3-7,12H,2,8-11,13H2,1H3,(H,19,20,21). The van der Waals surface area contributed by atoms with Crippen LogP contribution in [-0.2, 0) is 6.54 Å². The summed E-state index contributed by atoms with van der Waals surface area (Å²) in [5, 5.41) is 3.21. The zero-order valence-electron chi connectivity index (χ0n) is 13.4. The van der Waals surface area contributed by atoms with Crippen LogP contribution in [0.3, 0.4) is 0 Å². The SMILES string of the molecule is CCNc1ccnc(N2CCN(Cc3cccc(F)c3)CC2)n1. The van der Waals surface area contributed by atoms with Gasteiger partial charge in [0.05, 0.1) is 0 Å². The highest BCUT2D eigenvalue weighted by atomic mass is 19.1. The second kappa shape index (κ2) is 7.37. The molecule has 6 heteroatoms. The molecule has 1 fully saturated rings. The van der Waals surface area contributed by atoms with E-state index < -0.39 is 0 Å². The summed E-state index contributed by atoms with van der Waals surface area (Å²) in [4.78, 5) is 13.4. The first-order valence-corrected chi connectivity index (χ1v) is 8.03. The molecule has 1 aliphatic heterocycles. The predicted molar refractivity (Wildman–Crippen MR) is 90.1 cm³/mol. The first kappa shape index (κ1) is 15.7.